The lowest BCUT2D eigenvalue weighted by atomic mass is 10.3. The number of para-hydroxylation sites is 3. The fourth-order valence-electron chi connectivity index (χ4n) is 2.04. The zero-order valence-corrected chi connectivity index (χ0v) is 10.8. The van der Waals surface area contributed by atoms with Crippen molar-refractivity contribution in [1.29, 1.82) is 0 Å². The van der Waals surface area contributed by atoms with Gasteiger partial charge in [0.25, 0.3) is 5.91 Å². The summed E-state index contributed by atoms with van der Waals surface area (Å²) < 4.78 is 0. The van der Waals surface area contributed by atoms with E-state index in [0.717, 1.165) is 5.69 Å². The minimum absolute atomic E-state index is 0.0375. The van der Waals surface area contributed by atoms with Crippen LogP contribution in [0.1, 0.15) is 6.42 Å². The van der Waals surface area contributed by atoms with Gasteiger partial charge in [-0.2, -0.15) is 0 Å². The Bertz CT molecular complexity index is 667. The van der Waals surface area contributed by atoms with Gasteiger partial charge in [-0.05, 0) is 24.3 Å². The van der Waals surface area contributed by atoms with Gasteiger partial charge in [0.2, 0.25) is 0 Å². The van der Waals surface area contributed by atoms with Gasteiger partial charge in [0.05, 0.1) is 23.5 Å². The Morgan fingerprint density at radius 2 is 1.75 bits per heavy atom. The summed E-state index contributed by atoms with van der Waals surface area (Å²) in [5.74, 6) is 0.557. The number of nitrogens with two attached hydrogens (primary N) is 1. The number of aliphatic imine (C=N–C) groups is 1. The molecule has 0 aromatic heterocycles. The standard InChI is InChI=1S/C15H14N4O/c16-12-8-4-5-9-13(12)17-14-10-15(20)19(18-14)11-6-2-1-3-7-11/h1-9H,10,16H2,(H,17,18). The number of carbonyl (C=O) groups is 1. The van der Waals surface area contributed by atoms with E-state index in [4.69, 9.17) is 5.73 Å². The summed E-state index contributed by atoms with van der Waals surface area (Å²) in [6, 6.07) is 16.7. The monoisotopic (exact) mass is 266 g/mol. The maximum atomic E-state index is 12.0. The molecule has 1 amide bonds. The second-order valence-corrected chi connectivity index (χ2v) is 4.47. The van der Waals surface area contributed by atoms with Crippen molar-refractivity contribution in [1.82, 2.24) is 5.43 Å². The van der Waals surface area contributed by atoms with Crippen LogP contribution in [0.15, 0.2) is 59.6 Å². The second-order valence-electron chi connectivity index (χ2n) is 4.47. The van der Waals surface area contributed by atoms with E-state index in [1.54, 1.807) is 6.07 Å². The predicted octanol–water partition coefficient (Wildman–Crippen LogP) is 2.24. The SMILES string of the molecule is Nc1ccccc1N=C1CC(=O)N(c2ccccc2)N1. The molecule has 2 aromatic carbocycles. The minimum Gasteiger partial charge on any atom is -0.397 e. The molecule has 2 aromatic rings. The zero-order valence-electron chi connectivity index (χ0n) is 10.8. The van der Waals surface area contributed by atoms with E-state index >= 15 is 0 Å². The first-order valence-electron chi connectivity index (χ1n) is 6.31. The van der Waals surface area contributed by atoms with E-state index in [9.17, 15) is 4.79 Å². The highest BCUT2D eigenvalue weighted by molar-refractivity contribution is 6.14. The van der Waals surface area contributed by atoms with E-state index in [1.807, 2.05) is 48.5 Å². The minimum atomic E-state index is -0.0375. The molecule has 0 bridgehead atoms. The highest BCUT2D eigenvalue weighted by atomic mass is 16.2. The zero-order chi connectivity index (χ0) is 13.9. The van der Waals surface area contributed by atoms with Crippen LogP contribution in [-0.4, -0.2) is 11.7 Å². The third kappa shape index (κ3) is 2.33. The number of nitrogen functional groups attached to an aromatic ring is 1. The van der Waals surface area contributed by atoms with Crippen LogP contribution in [-0.2, 0) is 4.79 Å². The molecule has 0 spiro atoms. The van der Waals surface area contributed by atoms with Gasteiger partial charge >= 0.3 is 0 Å². The number of hydrogen-bond donors (Lipinski definition) is 2. The van der Waals surface area contributed by atoms with Gasteiger partial charge in [-0.1, -0.05) is 30.3 Å². The first kappa shape index (κ1) is 12.2. The van der Waals surface area contributed by atoms with Gasteiger partial charge < -0.3 is 5.73 Å². The number of amides is 1. The maximum absolute atomic E-state index is 12.0. The number of hydrogen-bond acceptors (Lipinski definition) is 3. The summed E-state index contributed by atoms with van der Waals surface area (Å²) >= 11 is 0. The average molecular weight is 266 g/mol. The van der Waals surface area contributed by atoms with Crippen molar-refractivity contribution < 1.29 is 4.79 Å². The Labute approximate surface area is 116 Å². The topological polar surface area (TPSA) is 70.7 Å². The quantitative estimate of drug-likeness (QED) is 0.819. The molecule has 1 aliphatic heterocycles. The van der Waals surface area contributed by atoms with Crippen LogP contribution in [0.25, 0.3) is 0 Å². The number of nitrogens with one attached hydrogen (secondary N) is 1. The van der Waals surface area contributed by atoms with E-state index in [1.165, 1.54) is 5.01 Å². The highest BCUT2D eigenvalue weighted by Gasteiger charge is 2.26. The van der Waals surface area contributed by atoms with Crippen molar-refractivity contribution in [3.8, 4) is 0 Å². The molecule has 3 rings (SSSR count). The maximum Gasteiger partial charge on any atom is 0.253 e. The van der Waals surface area contributed by atoms with E-state index in [0.29, 0.717) is 17.2 Å². The van der Waals surface area contributed by atoms with Crippen molar-refractivity contribution in [2.24, 2.45) is 4.99 Å². The fraction of sp³-hybridized carbons (Fsp3) is 0.0667. The van der Waals surface area contributed by atoms with Gasteiger partial charge in [-0.15, -0.1) is 0 Å². The van der Waals surface area contributed by atoms with Gasteiger partial charge in [-0.25, -0.2) is 10.0 Å². The first-order valence-corrected chi connectivity index (χ1v) is 6.31. The number of rotatable bonds is 2. The van der Waals surface area contributed by atoms with Gasteiger partial charge in [0.1, 0.15) is 5.84 Å². The molecule has 0 saturated carbocycles. The van der Waals surface area contributed by atoms with Crippen molar-refractivity contribution in [2.75, 3.05) is 10.7 Å². The lowest BCUT2D eigenvalue weighted by molar-refractivity contribution is -0.116. The first-order chi connectivity index (χ1) is 9.74. The number of carbonyl (C=O) groups excluding carboxylic acids is 1. The molecule has 1 fully saturated rings. The van der Waals surface area contributed by atoms with Crippen LogP contribution < -0.4 is 16.2 Å². The van der Waals surface area contributed by atoms with Crippen LogP contribution in [0.2, 0.25) is 0 Å². The molecule has 1 aliphatic rings. The number of hydrazine groups is 1. The number of amidine groups is 1. The molecule has 100 valence electrons. The lowest BCUT2D eigenvalue weighted by Gasteiger charge is -2.15. The highest BCUT2D eigenvalue weighted by Crippen LogP contribution is 2.23. The molecule has 1 heterocycles. The average Bonchev–Trinajstić information content (AvgIpc) is 2.83. The fourth-order valence-corrected chi connectivity index (χ4v) is 2.04. The van der Waals surface area contributed by atoms with Crippen molar-refractivity contribution in [2.45, 2.75) is 6.42 Å². The summed E-state index contributed by atoms with van der Waals surface area (Å²) in [4.78, 5) is 16.4. The molecule has 0 unspecified atom stereocenters. The summed E-state index contributed by atoms with van der Waals surface area (Å²) in [5, 5.41) is 1.50. The molecule has 0 radical (unpaired) electrons. The van der Waals surface area contributed by atoms with Crippen LogP contribution >= 0.6 is 0 Å². The molecule has 0 aliphatic carbocycles. The Kier molecular flexibility index (Phi) is 3.09. The van der Waals surface area contributed by atoms with Crippen LogP contribution in [0.4, 0.5) is 17.1 Å². The van der Waals surface area contributed by atoms with Crippen molar-refractivity contribution in [3.05, 3.63) is 54.6 Å². The normalized spacial score (nSPS) is 16.5. The molecule has 0 atom stereocenters. The number of anilines is 2. The predicted molar refractivity (Wildman–Crippen MR) is 79.6 cm³/mol. The van der Waals surface area contributed by atoms with Gasteiger partial charge in [0, 0.05) is 0 Å². The van der Waals surface area contributed by atoms with Crippen molar-refractivity contribution in [3.63, 3.8) is 0 Å². The van der Waals surface area contributed by atoms with Crippen molar-refractivity contribution >= 4 is 28.8 Å². The van der Waals surface area contributed by atoms with E-state index < -0.39 is 0 Å². The molecule has 3 N–H and O–H groups in total. The second kappa shape index (κ2) is 5.05. The Morgan fingerprint density at radius 3 is 2.50 bits per heavy atom. The van der Waals surface area contributed by atoms with Crippen LogP contribution in [0.3, 0.4) is 0 Å². The summed E-state index contributed by atoms with van der Waals surface area (Å²) in [5.41, 5.74) is 10.9. The van der Waals surface area contributed by atoms with Crippen LogP contribution in [0, 0.1) is 0 Å². The molecule has 1 saturated heterocycles. The number of nitrogens with zero attached hydrogens (tertiary/aromatic N) is 2. The smallest absolute Gasteiger partial charge is 0.253 e. The van der Waals surface area contributed by atoms with Gasteiger partial charge in [-0.3, -0.25) is 10.2 Å². The van der Waals surface area contributed by atoms with Gasteiger partial charge in [0.15, 0.2) is 0 Å². The molecule has 20 heavy (non-hydrogen) atoms. The molecule has 5 heteroatoms. The van der Waals surface area contributed by atoms with E-state index in [-0.39, 0.29) is 12.3 Å². The molecular weight excluding hydrogens is 252 g/mol. The lowest BCUT2D eigenvalue weighted by Crippen LogP contribution is -2.35. The molecule has 5 nitrogen and oxygen atoms in total. The largest absolute Gasteiger partial charge is 0.397 e. The summed E-state index contributed by atoms with van der Waals surface area (Å²) in [6.45, 7) is 0. The Balaban J connectivity index is 1.86. The summed E-state index contributed by atoms with van der Waals surface area (Å²) in [6.07, 6.45) is 0.239. The Morgan fingerprint density at radius 1 is 1.05 bits per heavy atom. The summed E-state index contributed by atoms with van der Waals surface area (Å²) in [7, 11) is 0. The molecular formula is C15H14N4O. The van der Waals surface area contributed by atoms with E-state index in [2.05, 4.69) is 10.4 Å². The van der Waals surface area contributed by atoms with Crippen LogP contribution in [0.5, 0.6) is 0 Å². The number of benzene rings is 2. The third-order valence-corrected chi connectivity index (χ3v) is 3.02. The Hall–Kier alpha value is -2.82. The third-order valence-electron chi connectivity index (χ3n) is 3.02.